The van der Waals surface area contributed by atoms with E-state index in [0.29, 0.717) is 0 Å². The van der Waals surface area contributed by atoms with Gasteiger partial charge in [0, 0.05) is 18.8 Å². The van der Waals surface area contributed by atoms with Gasteiger partial charge in [0.05, 0.1) is 12.4 Å². The summed E-state index contributed by atoms with van der Waals surface area (Å²) in [5, 5.41) is 4.25. The highest BCUT2D eigenvalue weighted by atomic mass is 127. The summed E-state index contributed by atoms with van der Waals surface area (Å²) in [6.45, 7) is 2.44. The van der Waals surface area contributed by atoms with E-state index in [1.165, 1.54) is 27.2 Å². The summed E-state index contributed by atoms with van der Waals surface area (Å²) in [6, 6.07) is 35.2. The lowest BCUT2D eigenvalue weighted by atomic mass is 10.1. The van der Waals surface area contributed by atoms with E-state index in [-0.39, 0.29) is 24.0 Å². The molecule has 3 aromatic carbocycles. The number of aryl methyl sites for hydroxylation is 1. The van der Waals surface area contributed by atoms with Crippen LogP contribution in [0, 0.1) is 0 Å². The van der Waals surface area contributed by atoms with E-state index in [1.54, 1.807) is 0 Å². The van der Waals surface area contributed by atoms with E-state index in [4.69, 9.17) is 0 Å². The maximum atomic E-state index is 2.44. The number of halogens is 1. The zero-order chi connectivity index (χ0) is 18.0. The highest BCUT2D eigenvalue weighted by molar-refractivity contribution is 7.95. The van der Waals surface area contributed by atoms with Gasteiger partial charge in [-0.3, -0.25) is 0 Å². The molecule has 3 heteroatoms. The molecule has 0 saturated carbocycles. The predicted octanol–water partition coefficient (Wildman–Crippen LogP) is 1.62. The van der Waals surface area contributed by atoms with Gasteiger partial charge in [-0.2, -0.15) is 0 Å². The van der Waals surface area contributed by atoms with Crippen LogP contribution in [-0.2, 0) is 7.05 Å². The maximum Gasteiger partial charge on any atom is 0.113 e. The summed E-state index contributed by atoms with van der Waals surface area (Å²) in [7, 11) is 0.380. The first-order valence-electron chi connectivity index (χ1n) is 8.90. The van der Waals surface area contributed by atoms with Gasteiger partial charge in [-0.15, -0.1) is 0 Å². The minimum Gasteiger partial charge on any atom is -1.00 e. The van der Waals surface area contributed by atoms with Crippen molar-refractivity contribution in [2.24, 2.45) is 7.05 Å². The molecule has 0 aliphatic heterocycles. The number of rotatable bonds is 4. The zero-order valence-corrected chi connectivity index (χ0v) is 18.6. The van der Waals surface area contributed by atoms with Crippen LogP contribution < -0.4 is 39.9 Å². The second-order valence-corrected chi connectivity index (χ2v) is 10.2. The maximum absolute atomic E-state index is 2.44. The van der Waals surface area contributed by atoms with Crippen molar-refractivity contribution < 1.29 is 24.0 Å². The second kappa shape index (κ2) is 8.41. The van der Waals surface area contributed by atoms with Gasteiger partial charge >= 0.3 is 0 Å². The molecule has 0 radical (unpaired) electrons. The molecule has 1 heterocycles. The second-order valence-electron chi connectivity index (χ2n) is 6.70. The third-order valence-corrected chi connectivity index (χ3v) is 9.17. The molecule has 0 aliphatic rings. The number of aromatic nitrogens is 1. The van der Waals surface area contributed by atoms with Gasteiger partial charge in [0.2, 0.25) is 0 Å². The normalized spacial score (nSPS) is 11.0. The molecule has 0 fully saturated rings. The lowest BCUT2D eigenvalue weighted by molar-refractivity contribution is -0.00000512. The van der Waals surface area contributed by atoms with Crippen LogP contribution in [0.5, 0.6) is 0 Å². The van der Waals surface area contributed by atoms with Crippen LogP contribution in [0.25, 0.3) is 11.3 Å². The third-order valence-electron chi connectivity index (χ3n) is 5.15. The molecule has 0 aliphatic carbocycles. The van der Waals surface area contributed by atoms with Gasteiger partial charge in [0.25, 0.3) is 0 Å². The van der Waals surface area contributed by atoms with Crippen LogP contribution in [0.2, 0.25) is 0 Å². The predicted molar refractivity (Wildman–Crippen MR) is 115 cm³/mol. The highest BCUT2D eigenvalue weighted by Gasteiger charge is 2.42. The molecule has 4 rings (SSSR count). The van der Waals surface area contributed by atoms with Gasteiger partial charge in [-0.1, -0.05) is 48.5 Å². The summed E-state index contributed by atoms with van der Waals surface area (Å²) in [5.74, 6) is 0. The lowest BCUT2D eigenvalue weighted by Crippen LogP contribution is -3.00. The molecule has 136 valence electrons. The molecule has 0 N–H and O–H groups in total. The van der Waals surface area contributed by atoms with E-state index in [1.807, 2.05) is 0 Å². The van der Waals surface area contributed by atoms with Gasteiger partial charge in [-0.05, 0) is 48.5 Å². The van der Waals surface area contributed by atoms with Crippen LogP contribution in [-0.4, -0.2) is 11.2 Å². The zero-order valence-electron chi connectivity index (χ0n) is 15.6. The summed E-state index contributed by atoms with van der Waals surface area (Å²) >= 11 is 0. The molecule has 0 spiro atoms. The minimum absolute atomic E-state index is 0. The van der Waals surface area contributed by atoms with Gasteiger partial charge in [-0.25, -0.2) is 0 Å². The Morgan fingerprint density at radius 2 is 1.15 bits per heavy atom. The average Bonchev–Trinajstić information content (AvgIpc) is 3.14. The van der Waals surface area contributed by atoms with Crippen LogP contribution in [0.3, 0.4) is 0 Å². The average molecular weight is 483 g/mol. The molecule has 27 heavy (non-hydrogen) atoms. The largest absolute Gasteiger partial charge is 1.00 e. The quantitative estimate of drug-likeness (QED) is 0.307. The summed E-state index contributed by atoms with van der Waals surface area (Å²) in [6.07, 6.45) is 2.12. The van der Waals surface area contributed by atoms with Crippen molar-refractivity contribution in [1.82, 2.24) is 4.57 Å². The molecule has 0 unspecified atom stereocenters. The van der Waals surface area contributed by atoms with E-state index in [0.717, 1.165) is 0 Å². The molecule has 0 saturated heterocycles. The van der Waals surface area contributed by atoms with Crippen LogP contribution in [0.15, 0.2) is 103 Å². The minimum atomic E-state index is -1.74. The number of hydrogen-bond donors (Lipinski definition) is 0. The Bertz CT molecular complexity index is 969. The molecule has 0 amide bonds. The topological polar surface area (TPSA) is 4.93 Å². The third kappa shape index (κ3) is 3.61. The first kappa shape index (κ1) is 19.9. The number of hydrogen-bond acceptors (Lipinski definition) is 0. The summed E-state index contributed by atoms with van der Waals surface area (Å²) in [4.78, 5) is 0. The summed E-state index contributed by atoms with van der Waals surface area (Å²) < 4.78 is 2.21. The Labute approximate surface area is 179 Å². The SMILES string of the molecule is Cn1cccc1-c1ccccc1[P+](C)(c1ccccc1)c1ccccc1.[I-]. The van der Waals surface area contributed by atoms with Crippen molar-refractivity contribution >= 4 is 23.2 Å². The lowest BCUT2D eigenvalue weighted by Gasteiger charge is -2.25. The van der Waals surface area contributed by atoms with Gasteiger partial charge in [0.1, 0.15) is 23.2 Å². The van der Waals surface area contributed by atoms with E-state index in [9.17, 15) is 0 Å². The van der Waals surface area contributed by atoms with E-state index in [2.05, 4.69) is 122 Å². The fourth-order valence-electron chi connectivity index (χ4n) is 3.70. The molecular weight excluding hydrogens is 460 g/mol. The van der Waals surface area contributed by atoms with Crippen molar-refractivity contribution in [2.45, 2.75) is 0 Å². The molecule has 4 aromatic rings. The standard InChI is InChI=1S/C24H23NP.HI/c1-25-19-11-17-23(25)22-16-9-10-18-24(22)26(2,20-12-5-3-6-13-20)21-14-7-4-8-15-21;/h3-19H,1-2H3;1H/q+1;/p-1. The monoisotopic (exact) mass is 483 g/mol. The number of nitrogens with zero attached hydrogens (tertiary/aromatic N) is 1. The molecular formula is C24H23INP. The van der Waals surface area contributed by atoms with Crippen molar-refractivity contribution in [1.29, 1.82) is 0 Å². The fraction of sp³-hybridized carbons (Fsp3) is 0.0833. The molecule has 1 nitrogen and oxygen atoms in total. The molecule has 0 bridgehead atoms. The van der Waals surface area contributed by atoms with Crippen molar-refractivity contribution in [3.8, 4) is 11.3 Å². The Morgan fingerprint density at radius 1 is 0.630 bits per heavy atom. The van der Waals surface area contributed by atoms with Crippen molar-refractivity contribution in [2.75, 3.05) is 6.66 Å². The first-order valence-corrected chi connectivity index (χ1v) is 11.1. The molecule has 1 aromatic heterocycles. The van der Waals surface area contributed by atoms with E-state index >= 15 is 0 Å². The number of benzene rings is 3. The smallest absolute Gasteiger partial charge is 0.113 e. The van der Waals surface area contributed by atoms with Crippen LogP contribution in [0.4, 0.5) is 0 Å². The summed E-state index contributed by atoms with van der Waals surface area (Å²) in [5.41, 5.74) is 2.59. The van der Waals surface area contributed by atoms with E-state index < -0.39 is 7.26 Å². The first-order chi connectivity index (χ1) is 12.7. The Kier molecular flexibility index (Phi) is 6.18. The Morgan fingerprint density at radius 3 is 1.67 bits per heavy atom. The fourth-order valence-corrected chi connectivity index (χ4v) is 7.15. The Balaban J connectivity index is 0.00000210. The van der Waals surface area contributed by atoms with Crippen LogP contribution >= 0.6 is 7.26 Å². The van der Waals surface area contributed by atoms with Crippen LogP contribution in [0.1, 0.15) is 0 Å². The Hall–Kier alpha value is -1.90. The van der Waals surface area contributed by atoms with Crippen molar-refractivity contribution in [3.63, 3.8) is 0 Å². The molecule has 0 atom stereocenters. The van der Waals surface area contributed by atoms with Crippen molar-refractivity contribution in [3.05, 3.63) is 103 Å². The highest BCUT2D eigenvalue weighted by Crippen LogP contribution is 2.53. The van der Waals surface area contributed by atoms with Gasteiger partial charge in [0.15, 0.2) is 0 Å². The van der Waals surface area contributed by atoms with Gasteiger partial charge < -0.3 is 28.5 Å².